The lowest BCUT2D eigenvalue weighted by molar-refractivity contribution is -0.384. The molecule has 0 aromatic heterocycles. The second kappa shape index (κ2) is 8.09. The minimum Gasteiger partial charge on any atom is -0.449 e. The standard InChI is InChI=1S/C18H24N2O5/c1-11-6-4-9-16(12(11)2)19-17(21)13(3)25-18(22)14-7-5-8-15(10-14)20(23)24/h5,7-8,10-13,16H,4,6,9H2,1-3H3,(H,19,21)/t11-,12-,13-,16-/m1/s1. The van der Waals surface area contributed by atoms with Crippen LogP contribution in [0.5, 0.6) is 0 Å². The first-order valence-corrected chi connectivity index (χ1v) is 8.55. The molecule has 1 aromatic rings. The number of esters is 1. The lowest BCUT2D eigenvalue weighted by atomic mass is 9.78. The summed E-state index contributed by atoms with van der Waals surface area (Å²) in [5.41, 5.74) is -0.148. The molecule has 0 spiro atoms. The van der Waals surface area contributed by atoms with Crippen LogP contribution in [0.2, 0.25) is 0 Å². The first kappa shape index (κ1) is 18.9. The van der Waals surface area contributed by atoms with E-state index in [0.29, 0.717) is 11.8 Å². The van der Waals surface area contributed by atoms with Crippen molar-refractivity contribution in [1.29, 1.82) is 0 Å². The van der Waals surface area contributed by atoms with Crippen molar-refractivity contribution in [1.82, 2.24) is 5.32 Å². The average molecular weight is 348 g/mol. The summed E-state index contributed by atoms with van der Waals surface area (Å²) in [7, 11) is 0. The molecule has 1 aromatic carbocycles. The van der Waals surface area contributed by atoms with Gasteiger partial charge in [-0.2, -0.15) is 0 Å². The van der Waals surface area contributed by atoms with E-state index in [4.69, 9.17) is 4.74 Å². The van der Waals surface area contributed by atoms with Gasteiger partial charge in [-0.1, -0.05) is 32.8 Å². The van der Waals surface area contributed by atoms with E-state index < -0.39 is 17.0 Å². The lowest BCUT2D eigenvalue weighted by Gasteiger charge is -2.35. The van der Waals surface area contributed by atoms with Crippen LogP contribution < -0.4 is 5.32 Å². The van der Waals surface area contributed by atoms with Crippen molar-refractivity contribution in [3.8, 4) is 0 Å². The third-order valence-corrected chi connectivity index (χ3v) is 4.98. The van der Waals surface area contributed by atoms with Gasteiger partial charge in [-0.05, 0) is 31.2 Å². The Balaban J connectivity index is 1.95. The third-order valence-electron chi connectivity index (χ3n) is 4.98. The molecule has 7 heteroatoms. The van der Waals surface area contributed by atoms with Crippen molar-refractivity contribution in [3.63, 3.8) is 0 Å². The molecule has 1 amide bonds. The molecule has 4 atom stereocenters. The maximum Gasteiger partial charge on any atom is 0.339 e. The van der Waals surface area contributed by atoms with E-state index in [-0.39, 0.29) is 23.2 Å². The van der Waals surface area contributed by atoms with Gasteiger partial charge in [0.25, 0.3) is 11.6 Å². The molecule has 1 fully saturated rings. The molecule has 0 bridgehead atoms. The highest BCUT2D eigenvalue weighted by molar-refractivity contribution is 5.92. The van der Waals surface area contributed by atoms with Crippen molar-refractivity contribution in [2.75, 3.05) is 0 Å². The summed E-state index contributed by atoms with van der Waals surface area (Å²) in [5.74, 6) is -0.180. The van der Waals surface area contributed by atoms with Gasteiger partial charge in [-0.15, -0.1) is 0 Å². The number of ether oxygens (including phenoxy) is 1. The smallest absolute Gasteiger partial charge is 0.339 e. The second-order valence-electron chi connectivity index (χ2n) is 6.74. The van der Waals surface area contributed by atoms with Crippen LogP contribution in [0.1, 0.15) is 50.4 Å². The zero-order valence-electron chi connectivity index (χ0n) is 14.7. The molecule has 136 valence electrons. The molecule has 1 saturated carbocycles. The van der Waals surface area contributed by atoms with E-state index in [1.807, 2.05) is 0 Å². The number of nitro benzene ring substituents is 1. The summed E-state index contributed by atoms with van der Waals surface area (Å²) < 4.78 is 5.16. The van der Waals surface area contributed by atoms with Gasteiger partial charge in [0.2, 0.25) is 0 Å². The normalized spacial score (nSPS) is 24.2. The zero-order chi connectivity index (χ0) is 18.6. The van der Waals surface area contributed by atoms with Crippen LogP contribution in [0, 0.1) is 22.0 Å². The van der Waals surface area contributed by atoms with Crippen molar-refractivity contribution in [2.45, 2.75) is 52.2 Å². The zero-order valence-corrected chi connectivity index (χ0v) is 14.7. The van der Waals surface area contributed by atoms with Gasteiger partial charge in [0.05, 0.1) is 10.5 Å². The van der Waals surface area contributed by atoms with E-state index in [2.05, 4.69) is 19.2 Å². The highest BCUT2D eigenvalue weighted by Gasteiger charge is 2.30. The van der Waals surface area contributed by atoms with Crippen LogP contribution in [-0.2, 0) is 9.53 Å². The van der Waals surface area contributed by atoms with Crippen molar-refractivity contribution in [3.05, 3.63) is 39.9 Å². The van der Waals surface area contributed by atoms with Gasteiger partial charge in [-0.3, -0.25) is 14.9 Å². The Morgan fingerprint density at radius 2 is 2.04 bits per heavy atom. The molecule has 1 aliphatic rings. The van der Waals surface area contributed by atoms with Crippen molar-refractivity contribution >= 4 is 17.6 Å². The van der Waals surface area contributed by atoms with Crippen LogP contribution in [-0.4, -0.2) is 28.9 Å². The third kappa shape index (κ3) is 4.78. The molecule has 25 heavy (non-hydrogen) atoms. The summed E-state index contributed by atoms with van der Waals surface area (Å²) in [4.78, 5) is 34.6. The molecule has 0 heterocycles. The topological polar surface area (TPSA) is 98.5 Å². The molecule has 2 rings (SSSR count). The number of rotatable bonds is 5. The monoisotopic (exact) mass is 348 g/mol. The van der Waals surface area contributed by atoms with Crippen molar-refractivity contribution < 1.29 is 19.2 Å². The number of hydrogen-bond donors (Lipinski definition) is 1. The number of hydrogen-bond acceptors (Lipinski definition) is 5. The Labute approximate surface area is 146 Å². The molecule has 0 saturated heterocycles. The molecule has 1 aliphatic carbocycles. The lowest BCUT2D eigenvalue weighted by Crippen LogP contribution is -2.47. The molecular weight excluding hydrogens is 324 g/mol. The fraction of sp³-hybridized carbons (Fsp3) is 0.556. The highest BCUT2D eigenvalue weighted by Crippen LogP contribution is 2.29. The van der Waals surface area contributed by atoms with Crippen LogP contribution in [0.3, 0.4) is 0 Å². The Hall–Kier alpha value is -2.44. The maximum atomic E-state index is 12.3. The van der Waals surface area contributed by atoms with Gasteiger partial charge in [0, 0.05) is 18.2 Å². The maximum absolute atomic E-state index is 12.3. The SMILES string of the molecule is C[C@@H]1[C@H](C)CCC[C@H]1NC(=O)[C@@H](C)OC(=O)c1cccc([N+](=O)[O-])c1. The van der Waals surface area contributed by atoms with Crippen LogP contribution in [0.15, 0.2) is 24.3 Å². The minimum absolute atomic E-state index is 0.0495. The molecular formula is C18H24N2O5. The van der Waals surface area contributed by atoms with E-state index in [9.17, 15) is 19.7 Å². The Bertz CT molecular complexity index is 661. The molecule has 0 unspecified atom stereocenters. The molecule has 0 radical (unpaired) electrons. The first-order valence-electron chi connectivity index (χ1n) is 8.55. The summed E-state index contributed by atoms with van der Waals surface area (Å²) in [6.07, 6.45) is 2.18. The number of nitrogens with one attached hydrogen (secondary N) is 1. The summed E-state index contributed by atoms with van der Waals surface area (Å²) >= 11 is 0. The van der Waals surface area contributed by atoms with Crippen LogP contribution >= 0.6 is 0 Å². The van der Waals surface area contributed by atoms with Gasteiger partial charge in [0.1, 0.15) is 0 Å². The average Bonchev–Trinajstić information content (AvgIpc) is 2.58. The van der Waals surface area contributed by atoms with Crippen LogP contribution in [0.4, 0.5) is 5.69 Å². The highest BCUT2D eigenvalue weighted by atomic mass is 16.6. The number of carbonyl (C=O) groups is 2. The predicted molar refractivity (Wildman–Crippen MR) is 92.1 cm³/mol. The second-order valence-corrected chi connectivity index (χ2v) is 6.74. The quantitative estimate of drug-likeness (QED) is 0.501. The summed E-state index contributed by atoms with van der Waals surface area (Å²) in [6, 6.07) is 5.33. The Kier molecular flexibility index (Phi) is 6.12. The number of nitrogens with zero attached hydrogens (tertiary/aromatic N) is 1. The predicted octanol–water partition coefficient (Wildman–Crippen LogP) is 3.08. The fourth-order valence-corrected chi connectivity index (χ4v) is 3.11. The van der Waals surface area contributed by atoms with E-state index in [1.54, 1.807) is 0 Å². The van der Waals surface area contributed by atoms with Gasteiger partial charge < -0.3 is 10.1 Å². The minimum atomic E-state index is -0.962. The fourth-order valence-electron chi connectivity index (χ4n) is 3.11. The molecule has 0 aliphatic heterocycles. The summed E-state index contributed by atoms with van der Waals surface area (Å²) in [5, 5.41) is 13.7. The Morgan fingerprint density at radius 1 is 1.32 bits per heavy atom. The van der Waals surface area contributed by atoms with Crippen LogP contribution in [0.25, 0.3) is 0 Å². The molecule has 7 nitrogen and oxygen atoms in total. The number of carbonyl (C=O) groups excluding carboxylic acids is 2. The molecule has 1 N–H and O–H groups in total. The van der Waals surface area contributed by atoms with E-state index >= 15 is 0 Å². The van der Waals surface area contributed by atoms with Gasteiger partial charge >= 0.3 is 5.97 Å². The number of amides is 1. The van der Waals surface area contributed by atoms with Gasteiger partial charge in [0.15, 0.2) is 6.10 Å². The largest absolute Gasteiger partial charge is 0.449 e. The number of benzene rings is 1. The first-order chi connectivity index (χ1) is 11.8. The van der Waals surface area contributed by atoms with Gasteiger partial charge in [-0.25, -0.2) is 4.79 Å². The van der Waals surface area contributed by atoms with E-state index in [0.717, 1.165) is 25.3 Å². The summed E-state index contributed by atoms with van der Waals surface area (Å²) in [6.45, 7) is 5.80. The Morgan fingerprint density at radius 3 is 2.72 bits per heavy atom. The number of nitro groups is 1. The van der Waals surface area contributed by atoms with E-state index in [1.165, 1.54) is 25.1 Å². The number of non-ortho nitro benzene ring substituents is 1. The van der Waals surface area contributed by atoms with Crippen molar-refractivity contribution in [2.24, 2.45) is 11.8 Å².